The molecule has 132 valence electrons. The van der Waals surface area contributed by atoms with E-state index in [9.17, 15) is 14.9 Å². The lowest BCUT2D eigenvalue weighted by Crippen LogP contribution is -2.28. The zero-order valence-electron chi connectivity index (χ0n) is 14.0. The normalized spacial score (nSPS) is 13.8. The molecule has 25 heavy (non-hydrogen) atoms. The number of aryl methyl sites for hydroxylation is 1. The maximum atomic E-state index is 12.1. The number of nitro benzene ring substituents is 1. The molecule has 3 rings (SSSR count). The van der Waals surface area contributed by atoms with Crippen LogP contribution in [0.1, 0.15) is 36.5 Å². The molecule has 2 aromatic rings. The number of hydrogen-bond donors (Lipinski definition) is 1. The third-order valence-corrected chi connectivity index (χ3v) is 4.40. The van der Waals surface area contributed by atoms with E-state index in [2.05, 4.69) is 20.1 Å². The Morgan fingerprint density at radius 2 is 2.08 bits per heavy atom. The van der Waals surface area contributed by atoms with Crippen molar-refractivity contribution in [2.75, 3.05) is 6.54 Å². The predicted octanol–water partition coefficient (Wildman–Crippen LogP) is 1.81. The van der Waals surface area contributed by atoms with Crippen molar-refractivity contribution in [3.05, 3.63) is 51.6 Å². The van der Waals surface area contributed by atoms with Crippen molar-refractivity contribution in [1.29, 1.82) is 0 Å². The summed E-state index contributed by atoms with van der Waals surface area (Å²) in [6.45, 7) is 1.37. The van der Waals surface area contributed by atoms with Crippen LogP contribution >= 0.6 is 0 Å². The van der Waals surface area contributed by atoms with Crippen molar-refractivity contribution < 1.29 is 9.72 Å². The number of carbonyl (C=O) groups is 1. The number of amides is 1. The SMILES string of the molecule is O=C(Cc1ccccc1[N+](=O)[O-])NCCc1nnc2n1CCCCC2. The van der Waals surface area contributed by atoms with Crippen LogP contribution in [-0.4, -0.2) is 32.1 Å². The summed E-state index contributed by atoms with van der Waals surface area (Å²) in [6.07, 6.45) is 5.03. The van der Waals surface area contributed by atoms with Crippen molar-refractivity contribution in [3.63, 3.8) is 0 Å². The van der Waals surface area contributed by atoms with Gasteiger partial charge in [-0.05, 0) is 12.8 Å². The Morgan fingerprint density at radius 1 is 1.24 bits per heavy atom. The van der Waals surface area contributed by atoms with Gasteiger partial charge >= 0.3 is 0 Å². The van der Waals surface area contributed by atoms with Crippen molar-refractivity contribution in [3.8, 4) is 0 Å². The zero-order valence-corrected chi connectivity index (χ0v) is 14.0. The number of benzene rings is 1. The Balaban J connectivity index is 1.54. The average molecular weight is 343 g/mol. The Labute approximate surface area is 145 Å². The number of nitro groups is 1. The van der Waals surface area contributed by atoms with Gasteiger partial charge in [-0.15, -0.1) is 10.2 Å². The molecule has 1 aliphatic rings. The lowest BCUT2D eigenvalue weighted by molar-refractivity contribution is -0.385. The van der Waals surface area contributed by atoms with Crippen LogP contribution in [0.5, 0.6) is 0 Å². The minimum absolute atomic E-state index is 0.00487. The molecule has 1 aromatic carbocycles. The summed E-state index contributed by atoms with van der Waals surface area (Å²) in [4.78, 5) is 22.6. The van der Waals surface area contributed by atoms with Gasteiger partial charge in [-0.2, -0.15) is 0 Å². The molecule has 1 N–H and O–H groups in total. The lowest BCUT2D eigenvalue weighted by Gasteiger charge is -2.08. The van der Waals surface area contributed by atoms with E-state index in [0.717, 1.165) is 37.5 Å². The van der Waals surface area contributed by atoms with E-state index in [4.69, 9.17) is 0 Å². The van der Waals surface area contributed by atoms with Gasteiger partial charge in [0.15, 0.2) is 0 Å². The first kappa shape index (κ1) is 17.1. The molecule has 0 fully saturated rings. The number of nitrogens with zero attached hydrogens (tertiary/aromatic N) is 4. The second-order valence-corrected chi connectivity index (χ2v) is 6.16. The van der Waals surface area contributed by atoms with Crippen LogP contribution < -0.4 is 5.32 Å². The smallest absolute Gasteiger partial charge is 0.273 e. The van der Waals surface area contributed by atoms with Gasteiger partial charge in [-0.1, -0.05) is 24.6 Å². The summed E-state index contributed by atoms with van der Waals surface area (Å²) in [6, 6.07) is 6.31. The van der Waals surface area contributed by atoms with Crippen LogP contribution in [0.25, 0.3) is 0 Å². The summed E-state index contributed by atoms with van der Waals surface area (Å²) < 4.78 is 2.15. The fraction of sp³-hybridized carbons (Fsp3) is 0.471. The van der Waals surface area contributed by atoms with E-state index >= 15 is 0 Å². The van der Waals surface area contributed by atoms with Crippen molar-refractivity contribution >= 4 is 11.6 Å². The summed E-state index contributed by atoms with van der Waals surface area (Å²) in [5.74, 6) is 1.69. The summed E-state index contributed by atoms with van der Waals surface area (Å²) in [5, 5.41) is 22.3. The minimum atomic E-state index is -0.464. The molecule has 0 saturated carbocycles. The molecular formula is C17H21N5O3. The van der Waals surface area contributed by atoms with Crippen LogP contribution in [0.15, 0.2) is 24.3 Å². The van der Waals surface area contributed by atoms with Crippen LogP contribution in [0.3, 0.4) is 0 Å². The summed E-state index contributed by atoms with van der Waals surface area (Å²) in [7, 11) is 0. The number of aromatic nitrogens is 3. The Hall–Kier alpha value is -2.77. The molecule has 0 saturated heterocycles. The largest absolute Gasteiger partial charge is 0.355 e. The van der Waals surface area contributed by atoms with Gasteiger partial charge in [0.05, 0.1) is 11.3 Å². The number of para-hydroxylation sites is 1. The van der Waals surface area contributed by atoms with Gasteiger partial charge < -0.3 is 9.88 Å². The second kappa shape index (κ2) is 7.87. The molecule has 0 unspecified atom stereocenters. The van der Waals surface area contributed by atoms with E-state index < -0.39 is 4.92 Å². The molecule has 0 radical (unpaired) electrons. The summed E-state index contributed by atoms with van der Waals surface area (Å²) in [5.41, 5.74) is 0.391. The van der Waals surface area contributed by atoms with E-state index in [1.165, 1.54) is 12.5 Å². The maximum absolute atomic E-state index is 12.1. The van der Waals surface area contributed by atoms with Gasteiger partial charge in [0, 0.05) is 37.6 Å². The molecule has 2 heterocycles. The molecule has 1 amide bonds. The minimum Gasteiger partial charge on any atom is -0.355 e. The molecule has 0 spiro atoms. The molecule has 8 heteroatoms. The molecule has 0 atom stereocenters. The fourth-order valence-corrected chi connectivity index (χ4v) is 3.12. The van der Waals surface area contributed by atoms with Gasteiger partial charge in [0.1, 0.15) is 11.6 Å². The highest BCUT2D eigenvalue weighted by molar-refractivity contribution is 5.79. The highest BCUT2D eigenvalue weighted by atomic mass is 16.6. The number of rotatable bonds is 6. The van der Waals surface area contributed by atoms with Crippen LogP contribution in [0.2, 0.25) is 0 Å². The van der Waals surface area contributed by atoms with Gasteiger partial charge in [0.25, 0.3) is 5.69 Å². The van der Waals surface area contributed by atoms with Crippen LogP contribution in [0, 0.1) is 10.1 Å². The van der Waals surface area contributed by atoms with Crippen molar-refractivity contribution in [2.45, 2.75) is 45.1 Å². The first-order valence-corrected chi connectivity index (χ1v) is 8.55. The fourth-order valence-electron chi connectivity index (χ4n) is 3.12. The number of nitrogens with one attached hydrogen (secondary N) is 1. The number of carbonyl (C=O) groups excluding carboxylic acids is 1. The number of hydrogen-bond acceptors (Lipinski definition) is 5. The van der Waals surface area contributed by atoms with Gasteiger partial charge in [-0.25, -0.2) is 0 Å². The summed E-state index contributed by atoms with van der Waals surface area (Å²) >= 11 is 0. The maximum Gasteiger partial charge on any atom is 0.273 e. The highest BCUT2D eigenvalue weighted by Crippen LogP contribution is 2.18. The second-order valence-electron chi connectivity index (χ2n) is 6.16. The van der Waals surface area contributed by atoms with Gasteiger partial charge in [0.2, 0.25) is 5.91 Å². The molecule has 1 aromatic heterocycles. The Morgan fingerprint density at radius 3 is 2.92 bits per heavy atom. The first-order chi connectivity index (χ1) is 12.1. The molecular weight excluding hydrogens is 322 g/mol. The topological polar surface area (TPSA) is 103 Å². The number of fused-ring (bicyclic) bond motifs is 1. The lowest BCUT2D eigenvalue weighted by atomic mass is 10.1. The van der Waals surface area contributed by atoms with Crippen molar-refractivity contribution in [2.24, 2.45) is 0 Å². The molecule has 0 aliphatic carbocycles. The van der Waals surface area contributed by atoms with E-state index in [0.29, 0.717) is 18.5 Å². The standard InChI is InChI=1S/C17H21N5O3/c23-17(12-13-6-3-4-7-14(13)22(24)25)18-10-9-16-20-19-15-8-2-1-5-11-21(15)16/h3-4,6-7H,1-2,5,8-12H2,(H,18,23). The predicted molar refractivity (Wildman–Crippen MR) is 91.1 cm³/mol. The van der Waals surface area contributed by atoms with E-state index in [1.807, 2.05) is 0 Å². The Kier molecular flexibility index (Phi) is 5.37. The van der Waals surface area contributed by atoms with Crippen LogP contribution in [0.4, 0.5) is 5.69 Å². The average Bonchev–Trinajstić information content (AvgIpc) is 2.82. The monoisotopic (exact) mass is 343 g/mol. The first-order valence-electron chi connectivity index (χ1n) is 8.55. The quantitative estimate of drug-likeness (QED) is 0.636. The molecule has 8 nitrogen and oxygen atoms in total. The third kappa shape index (κ3) is 4.20. The highest BCUT2D eigenvalue weighted by Gasteiger charge is 2.17. The molecule has 0 bridgehead atoms. The van der Waals surface area contributed by atoms with Gasteiger partial charge in [-0.3, -0.25) is 14.9 Å². The van der Waals surface area contributed by atoms with Crippen LogP contribution in [-0.2, 0) is 30.6 Å². The van der Waals surface area contributed by atoms with Crippen molar-refractivity contribution in [1.82, 2.24) is 20.1 Å². The Bertz CT molecular complexity index is 771. The van der Waals surface area contributed by atoms with E-state index in [-0.39, 0.29) is 18.0 Å². The molecule has 1 aliphatic heterocycles. The van der Waals surface area contributed by atoms with E-state index in [1.54, 1.807) is 18.2 Å². The zero-order chi connectivity index (χ0) is 17.6. The third-order valence-electron chi connectivity index (χ3n) is 4.40.